The fraction of sp³-hybridized carbons (Fsp3) is 0.294. The highest BCUT2D eigenvalue weighted by Crippen LogP contribution is 2.38. The number of hydrogen-bond donors (Lipinski definition) is 3. The number of amides is 3. The predicted octanol–water partition coefficient (Wildman–Crippen LogP) is 1.84. The van der Waals surface area contributed by atoms with Crippen molar-refractivity contribution in [1.29, 1.82) is 0 Å². The maximum Gasteiger partial charge on any atom is 0.342 e. The zero-order valence-corrected chi connectivity index (χ0v) is 16.4. The topological polar surface area (TPSA) is 114 Å². The molecular formula is C17H19N3O5S2. The molecule has 0 aliphatic heterocycles. The first-order valence-corrected chi connectivity index (χ1v) is 9.81. The summed E-state index contributed by atoms with van der Waals surface area (Å²) in [5.74, 6) is -1.97. The van der Waals surface area contributed by atoms with E-state index in [0.29, 0.717) is 17.1 Å². The average Bonchev–Trinajstić information content (AvgIpc) is 3.27. The number of anilines is 1. The fourth-order valence-electron chi connectivity index (χ4n) is 2.12. The lowest BCUT2D eigenvalue weighted by molar-refractivity contribution is -0.127. The second kappa shape index (κ2) is 9.83. The molecule has 3 N–H and O–H groups in total. The summed E-state index contributed by atoms with van der Waals surface area (Å²) in [5, 5.41) is 11.5. The summed E-state index contributed by atoms with van der Waals surface area (Å²) in [4.78, 5) is 47.9. The molecule has 0 aromatic carbocycles. The second-order valence-corrected chi connectivity index (χ2v) is 7.15. The van der Waals surface area contributed by atoms with Gasteiger partial charge in [-0.2, -0.15) is 0 Å². The highest BCUT2D eigenvalue weighted by Gasteiger charge is 2.23. The fourth-order valence-corrected chi connectivity index (χ4v) is 3.94. The molecule has 2 heterocycles. The van der Waals surface area contributed by atoms with Crippen LogP contribution in [0.3, 0.4) is 0 Å². The average molecular weight is 409 g/mol. The summed E-state index contributed by atoms with van der Waals surface area (Å²) in [6, 6.07) is 3.69. The SMILES string of the molecule is CCNC(=O)CNC(=O)COC(=O)c1c(-c2cccs2)csc1NC(C)=O. The standard InChI is InChI=1S/C17H19N3O5S2/c1-3-18-13(22)7-19-14(23)8-25-17(24)15-11(12-5-4-6-26-12)9-27-16(15)20-10(2)21/h4-6,9H,3,7-8H2,1-2H3,(H,18,22)(H,19,23)(H,20,21). The summed E-state index contributed by atoms with van der Waals surface area (Å²) in [7, 11) is 0. The summed E-state index contributed by atoms with van der Waals surface area (Å²) in [6.07, 6.45) is 0. The first kappa shape index (κ1) is 20.6. The van der Waals surface area contributed by atoms with Gasteiger partial charge in [0, 0.05) is 29.3 Å². The maximum atomic E-state index is 12.5. The molecule has 0 saturated heterocycles. The molecule has 0 aliphatic rings. The molecule has 3 amide bonds. The number of nitrogens with one attached hydrogen (secondary N) is 3. The number of carbonyl (C=O) groups excluding carboxylic acids is 4. The molecule has 144 valence electrons. The van der Waals surface area contributed by atoms with Crippen LogP contribution in [0.25, 0.3) is 10.4 Å². The zero-order valence-electron chi connectivity index (χ0n) is 14.8. The van der Waals surface area contributed by atoms with Crippen molar-refractivity contribution in [3.8, 4) is 10.4 Å². The maximum absolute atomic E-state index is 12.5. The monoisotopic (exact) mass is 409 g/mol. The highest BCUT2D eigenvalue weighted by molar-refractivity contribution is 7.17. The van der Waals surface area contributed by atoms with E-state index in [9.17, 15) is 19.2 Å². The van der Waals surface area contributed by atoms with E-state index in [1.54, 1.807) is 12.3 Å². The number of hydrogen-bond acceptors (Lipinski definition) is 7. The van der Waals surface area contributed by atoms with Gasteiger partial charge in [0.15, 0.2) is 6.61 Å². The van der Waals surface area contributed by atoms with E-state index in [0.717, 1.165) is 4.88 Å². The van der Waals surface area contributed by atoms with Crippen LogP contribution in [0.2, 0.25) is 0 Å². The van der Waals surface area contributed by atoms with Crippen LogP contribution in [0.1, 0.15) is 24.2 Å². The smallest absolute Gasteiger partial charge is 0.342 e. The van der Waals surface area contributed by atoms with Crippen molar-refractivity contribution in [1.82, 2.24) is 10.6 Å². The Kier molecular flexibility index (Phi) is 7.50. The molecule has 2 aromatic heterocycles. The largest absolute Gasteiger partial charge is 0.452 e. The van der Waals surface area contributed by atoms with Crippen LogP contribution in [-0.2, 0) is 19.1 Å². The number of ether oxygens (including phenoxy) is 1. The van der Waals surface area contributed by atoms with E-state index in [4.69, 9.17) is 4.74 Å². The predicted molar refractivity (Wildman–Crippen MR) is 104 cm³/mol. The zero-order chi connectivity index (χ0) is 19.8. The lowest BCUT2D eigenvalue weighted by Gasteiger charge is -2.09. The van der Waals surface area contributed by atoms with Gasteiger partial charge in [0.1, 0.15) is 10.6 Å². The van der Waals surface area contributed by atoms with Gasteiger partial charge in [-0.05, 0) is 18.4 Å². The number of carbonyl (C=O) groups is 4. The van der Waals surface area contributed by atoms with Gasteiger partial charge in [0.2, 0.25) is 11.8 Å². The highest BCUT2D eigenvalue weighted by atomic mass is 32.1. The van der Waals surface area contributed by atoms with Crippen LogP contribution in [0.5, 0.6) is 0 Å². The van der Waals surface area contributed by atoms with Crippen molar-refractivity contribution in [2.75, 3.05) is 25.0 Å². The van der Waals surface area contributed by atoms with E-state index in [-0.39, 0.29) is 23.9 Å². The Morgan fingerprint density at radius 2 is 1.89 bits per heavy atom. The van der Waals surface area contributed by atoms with E-state index in [1.807, 2.05) is 17.5 Å². The third kappa shape index (κ3) is 5.90. The van der Waals surface area contributed by atoms with Crippen LogP contribution in [-0.4, -0.2) is 43.4 Å². The molecule has 0 unspecified atom stereocenters. The van der Waals surface area contributed by atoms with Crippen LogP contribution in [0.15, 0.2) is 22.9 Å². The Morgan fingerprint density at radius 3 is 2.52 bits per heavy atom. The molecule has 8 nitrogen and oxygen atoms in total. The molecule has 2 aromatic rings. The van der Waals surface area contributed by atoms with E-state index in [2.05, 4.69) is 16.0 Å². The van der Waals surface area contributed by atoms with Gasteiger partial charge in [-0.3, -0.25) is 14.4 Å². The Labute approximate surface area is 163 Å². The molecule has 10 heteroatoms. The summed E-state index contributed by atoms with van der Waals surface area (Å²) in [6.45, 7) is 2.84. The number of rotatable bonds is 8. The summed E-state index contributed by atoms with van der Waals surface area (Å²) < 4.78 is 5.08. The number of likely N-dealkylation sites (N-methyl/N-ethyl adjacent to an activating group) is 1. The van der Waals surface area contributed by atoms with Crippen molar-refractivity contribution < 1.29 is 23.9 Å². The quantitative estimate of drug-likeness (QED) is 0.576. The summed E-state index contributed by atoms with van der Waals surface area (Å²) in [5.41, 5.74) is 0.834. The third-order valence-electron chi connectivity index (χ3n) is 3.23. The first-order chi connectivity index (χ1) is 12.9. The van der Waals surface area contributed by atoms with Crippen LogP contribution in [0.4, 0.5) is 5.00 Å². The van der Waals surface area contributed by atoms with Gasteiger partial charge in [-0.25, -0.2) is 4.79 Å². The van der Waals surface area contributed by atoms with Gasteiger partial charge >= 0.3 is 5.97 Å². The van der Waals surface area contributed by atoms with E-state index < -0.39 is 18.5 Å². The molecule has 0 aliphatic carbocycles. The molecule has 0 radical (unpaired) electrons. The van der Waals surface area contributed by atoms with Gasteiger partial charge < -0.3 is 20.7 Å². The van der Waals surface area contributed by atoms with Gasteiger partial charge in [0.05, 0.1) is 6.54 Å². The van der Waals surface area contributed by atoms with Crippen molar-refractivity contribution in [3.05, 3.63) is 28.5 Å². The lowest BCUT2D eigenvalue weighted by atomic mass is 10.1. The van der Waals surface area contributed by atoms with Crippen LogP contribution < -0.4 is 16.0 Å². The van der Waals surface area contributed by atoms with Crippen LogP contribution in [0, 0.1) is 0 Å². The van der Waals surface area contributed by atoms with Crippen molar-refractivity contribution in [2.24, 2.45) is 0 Å². The molecular weight excluding hydrogens is 390 g/mol. The van der Waals surface area contributed by atoms with Gasteiger partial charge in [-0.1, -0.05) is 6.07 Å². The normalized spacial score (nSPS) is 10.1. The van der Waals surface area contributed by atoms with Crippen molar-refractivity contribution >= 4 is 51.4 Å². The molecule has 0 saturated carbocycles. The minimum absolute atomic E-state index is 0.194. The number of esters is 1. The third-order valence-corrected chi connectivity index (χ3v) is 5.02. The minimum atomic E-state index is -0.725. The lowest BCUT2D eigenvalue weighted by Crippen LogP contribution is -2.38. The van der Waals surface area contributed by atoms with Crippen molar-refractivity contribution in [2.45, 2.75) is 13.8 Å². The second-order valence-electron chi connectivity index (χ2n) is 5.32. The van der Waals surface area contributed by atoms with Gasteiger partial charge in [-0.15, -0.1) is 22.7 Å². The molecule has 0 atom stereocenters. The molecule has 0 fully saturated rings. The minimum Gasteiger partial charge on any atom is -0.452 e. The van der Waals surface area contributed by atoms with Crippen molar-refractivity contribution in [3.63, 3.8) is 0 Å². The molecule has 0 spiro atoms. The molecule has 0 bridgehead atoms. The van der Waals surface area contributed by atoms with Gasteiger partial charge in [0.25, 0.3) is 5.91 Å². The van der Waals surface area contributed by atoms with Crippen LogP contribution >= 0.6 is 22.7 Å². The Bertz CT molecular complexity index is 830. The Balaban J connectivity index is 2.06. The Morgan fingerprint density at radius 1 is 1.11 bits per heavy atom. The molecule has 27 heavy (non-hydrogen) atoms. The summed E-state index contributed by atoms with van der Waals surface area (Å²) >= 11 is 2.65. The van der Waals surface area contributed by atoms with E-state index >= 15 is 0 Å². The molecule has 2 rings (SSSR count). The van der Waals surface area contributed by atoms with E-state index in [1.165, 1.54) is 29.6 Å². The first-order valence-electron chi connectivity index (χ1n) is 8.05. The Hall–Kier alpha value is -2.72. The number of thiophene rings is 2.